The van der Waals surface area contributed by atoms with Crippen molar-refractivity contribution in [1.82, 2.24) is 0 Å². The van der Waals surface area contributed by atoms with E-state index >= 15 is 0 Å². The number of benzene rings is 2. The summed E-state index contributed by atoms with van der Waals surface area (Å²) in [5, 5.41) is 13.5. The molecular formula is C16H17N3O5S. The van der Waals surface area contributed by atoms with Crippen LogP contribution in [0, 0.1) is 10.1 Å². The predicted molar refractivity (Wildman–Crippen MR) is 94.0 cm³/mol. The van der Waals surface area contributed by atoms with Crippen LogP contribution in [0.15, 0.2) is 53.4 Å². The number of sulfonamides is 1. The largest absolute Gasteiger partial charge is 0.326 e. The first-order valence-corrected chi connectivity index (χ1v) is 8.84. The topological polar surface area (TPSA) is 110 Å². The second-order valence-corrected chi connectivity index (χ2v) is 7.01. The lowest BCUT2D eigenvalue weighted by molar-refractivity contribution is -0.384. The zero-order chi connectivity index (χ0) is 18.6. The van der Waals surface area contributed by atoms with Gasteiger partial charge in [0, 0.05) is 31.3 Å². The number of nitrogens with one attached hydrogen (secondary N) is 1. The highest BCUT2D eigenvalue weighted by Crippen LogP contribution is 2.27. The van der Waals surface area contributed by atoms with Gasteiger partial charge in [0.25, 0.3) is 15.7 Å². The molecule has 0 aromatic heterocycles. The van der Waals surface area contributed by atoms with Gasteiger partial charge in [0.15, 0.2) is 0 Å². The Morgan fingerprint density at radius 3 is 2.36 bits per heavy atom. The van der Waals surface area contributed by atoms with E-state index in [0.717, 1.165) is 4.31 Å². The summed E-state index contributed by atoms with van der Waals surface area (Å²) >= 11 is 0. The van der Waals surface area contributed by atoms with Crippen LogP contribution in [0.2, 0.25) is 0 Å². The minimum atomic E-state index is -3.89. The van der Waals surface area contributed by atoms with E-state index in [-0.39, 0.29) is 28.7 Å². The fraction of sp³-hybridized carbons (Fsp3) is 0.188. The van der Waals surface area contributed by atoms with Gasteiger partial charge < -0.3 is 5.32 Å². The molecule has 0 unspecified atom stereocenters. The fourth-order valence-electron chi connectivity index (χ4n) is 2.29. The van der Waals surface area contributed by atoms with Crippen molar-refractivity contribution < 1.29 is 18.1 Å². The van der Waals surface area contributed by atoms with Crippen molar-refractivity contribution in [2.75, 3.05) is 16.2 Å². The van der Waals surface area contributed by atoms with Gasteiger partial charge in [-0.2, -0.15) is 0 Å². The SMILES string of the molecule is CCN(c1cccc([N+](=O)[O-])c1)S(=O)(=O)c1ccc(NC(C)=O)cc1. The highest BCUT2D eigenvalue weighted by atomic mass is 32.2. The predicted octanol–water partition coefficient (Wildman–Crippen LogP) is 2.77. The Hall–Kier alpha value is -2.94. The molecule has 1 N–H and O–H groups in total. The van der Waals surface area contributed by atoms with E-state index in [1.54, 1.807) is 6.92 Å². The molecule has 0 aliphatic heterocycles. The molecule has 25 heavy (non-hydrogen) atoms. The van der Waals surface area contributed by atoms with Crippen molar-refractivity contribution in [3.63, 3.8) is 0 Å². The Bertz CT molecular complexity index is 894. The second-order valence-electron chi connectivity index (χ2n) is 5.15. The first kappa shape index (κ1) is 18.4. The van der Waals surface area contributed by atoms with Crippen molar-refractivity contribution in [2.45, 2.75) is 18.7 Å². The summed E-state index contributed by atoms with van der Waals surface area (Å²) in [6.07, 6.45) is 0. The molecule has 0 heterocycles. The number of carbonyl (C=O) groups excluding carboxylic acids is 1. The lowest BCUT2D eigenvalue weighted by Crippen LogP contribution is -2.30. The lowest BCUT2D eigenvalue weighted by atomic mass is 10.3. The van der Waals surface area contributed by atoms with Gasteiger partial charge >= 0.3 is 0 Å². The fourth-order valence-corrected chi connectivity index (χ4v) is 3.76. The van der Waals surface area contributed by atoms with Crippen LogP contribution in [0.5, 0.6) is 0 Å². The maximum absolute atomic E-state index is 12.8. The third-order valence-electron chi connectivity index (χ3n) is 3.38. The summed E-state index contributed by atoms with van der Waals surface area (Å²) in [7, 11) is -3.89. The van der Waals surface area contributed by atoms with E-state index in [2.05, 4.69) is 5.32 Å². The Kier molecular flexibility index (Phi) is 5.38. The number of rotatable bonds is 6. The van der Waals surface area contributed by atoms with E-state index in [0.29, 0.717) is 5.69 Å². The van der Waals surface area contributed by atoms with Gasteiger partial charge in [-0.1, -0.05) is 6.07 Å². The zero-order valence-electron chi connectivity index (χ0n) is 13.7. The third-order valence-corrected chi connectivity index (χ3v) is 5.30. The highest BCUT2D eigenvalue weighted by Gasteiger charge is 2.24. The van der Waals surface area contributed by atoms with E-state index in [1.807, 2.05) is 0 Å². The highest BCUT2D eigenvalue weighted by molar-refractivity contribution is 7.92. The van der Waals surface area contributed by atoms with E-state index in [9.17, 15) is 23.3 Å². The summed E-state index contributed by atoms with van der Waals surface area (Å²) < 4.78 is 26.8. The monoisotopic (exact) mass is 363 g/mol. The van der Waals surface area contributed by atoms with Crippen LogP contribution in [-0.2, 0) is 14.8 Å². The van der Waals surface area contributed by atoms with Crippen molar-refractivity contribution in [3.8, 4) is 0 Å². The number of amides is 1. The minimum Gasteiger partial charge on any atom is -0.326 e. The molecule has 0 bridgehead atoms. The average Bonchev–Trinajstić information content (AvgIpc) is 2.55. The normalized spacial score (nSPS) is 11.0. The Morgan fingerprint density at radius 2 is 1.84 bits per heavy atom. The Morgan fingerprint density at radius 1 is 1.20 bits per heavy atom. The van der Waals surface area contributed by atoms with Crippen LogP contribution in [0.3, 0.4) is 0 Å². The molecular weight excluding hydrogens is 346 g/mol. The first-order chi connectivity index (χ1) is 11.8. The lowest BCUT2D eigenvalue weighted by Gasteiger charge is -2.22. The van der Waals surface area contributed by atoms with Crippen LogP contribution in [0.1, 0.15) is 13.8 Å². The quantitative estimate of drug-likeness (QED) is 0.627. The first-order valence-electron chi connectivity index (χ1n) is 7.40. The Balaban J connectivity index is 2.40. The van der Waals surface area contributed by atoms with Gasteiger partial charge in [-0.05, 0) is 37.3 Å². The van der Waals surface area contributed by atoms with Gasteiger partial charge in [0.1, 0.15) is 0 Å². The summed E-state index contributed by atoms with van der Waals surface area (Å²) in [5.74, 6) is -0.262. The van der Waals surface area contributed by atoms with Crippen LogP contribution in [0.4, 0.5) is 17.1 Å². The molecule has 132 valence electrons. The molecule has 1 amide bonds. The van der Waals surface area contributed by atoms with Crippen molar-refractivity contribution in [3.05, 3.63) is 58.6 Å². The number of non-ortho nitro benzene ring substituents is 1. The Labute approximate surface area is 145 Å². The summed E-state index contributed by atoms with van der Waals surface area (Å²) in [6.45, 7) is 3.10. The molecule has 0 radical (unpaired) electrons. The number of hydrogen-bond acceptors (Lipinski definition) is 5. The molecule has 0 fully saturated rings. The number of anilines is 2. The van der Waals surface area contributed by atoms with Crippen molar-refractivity contribution >= 4 is 33.0 Å². The molecule has 2 rings (SSSR count). The van der Waals surface area contributed by atoms with Crippen LogP contribution in [0.25, 0.3) is 0 Å². The molecule has 0 saturated carbocycles. The smallest absolute Gasteiger partial charge is 0.271 e. The molecule has 0 spiro atoms. The summed E-state index contributed by atoms with van der Waals surface area (Å²) in [5.41, 5.74) is 0.500. The maximum Gasteiger partial charge on any atom is 0.271 e. The van der Waals surface area contributed by atoms with E-state index < -0.39 is 14.9 Å². The van der Waals surface area contributed by atoms with E-state index in [4.69, 9.17) is 0 Å². The molecule has 0 saturated heterocycles. The van der Waals surface area contributed by atoms with Gasteiger partial charge in [0.05, 0.1) is 15.5 Å². The van der Waals surface area contributed by atoms with Gasteiger partial charge in [-0.15, -0.1) is 0 Å². The minimum absolute atomic E-state index is 0.0231. The van der Waals surface area contributed by atoms with Crippen molar-refractivity contribution in [2.24, 2.45) is 0 Å². The standard InChI is InChI=1S/C16H17N3O5S/c1-3-18(14-5-4-6-15(11-14)19(21)22)25(23,24)16-9-7-13(8-10-16)17-12(2)20/h4-11H,3H2,1-2H3,(H,17,20). The molecule has 0 aliphatic carbocycles. The van der Waals surface area contributed by atoms with Crippen LogP contribution in [-0.4, -0.2) is 25.8 Å². The van der Waals surface area contributed by atoms with Gasteiger partial charge in [0.2, 0.25) is 5.91 Å². The molecule has 0 aliphatic rings. The summed E-state index contributed by atoms with van der Waals surface area (Å²) in [6, 6.07) is 11.2. The second kappa shape index (κ2) is 7.31. The number of hydrogen-bond donors (Lipinski definition) is 1. The van der Waals surface area contributed by atoms with Gasteiger partial charge in [-0.3, -0.25) is 19.2 Å². The molecule has 2 aromatic rings. The van der Waals surface area contributed by atoms with Crippen LogP contribution < -0.4 is 9.62 Å². The third kappa shape index (κ3) is 4.13. The zero-order valence-corrected chi connectivity index (χ0v) is 14.5. The molecule has 0 atom stereocenters. The van der Waals surface area contributed by atoms with Gasteiger partial charge in [-0.25, -0.2) is 8.42 Å². The molecule has 9 heteroatoms. The number of nitro benzene ring substituents is 1. The number of nitrogens with zero attached hydrogens (tertiary/aromatic N) is 2. The molecule has 8 nitrogen and oxygen atoms in total. The maximum atomic E-state index is 12.8. The molecule has 2 aromatic carbocycles. The van der Waals surface area contributed by atoms with Crippen LogP contribution >= 0.6 is 0 Å². The number of carbonyl (C=O) groups is 1. The van der Waals surface area contributed by atoms with E-state index in [1.165, 1.54) is 55.5 Å². The van der Waals surface area contributed by atoms with Crippen molar-refractivity contribution in [1.29, 1.82) is 0 Å². The summed E-state index contributed by atoms with van der Waals surface area (Å²) in [4.78, 5) is 21.4. The average molecular weight is 363 g/mol. The number of nitro groups is 1.